The molecule has 1 fully saturated rings. The normalized spacial score (nSPS) is 22.6. The summed E-state index contributed by atoms with van der Waals surface area (Å²) in [5.74, 6) is 0.126. The second-order valence-electron chi connectivity index (χ2n) is 8.37. The average molecular weight is 369 g/mol. The Morgan fingerprint density at radius 3 is 2.56 bits per heavy atom. The molecule has 0 radical (unpaired) electrons. The van der Waals surface area contributed by atoms with Gasteiger partial charge in [0, 0.05) is 24.2 Å². The fraction of sp³-hybridized carbons (Fsp3) is 0.571. The van der Waals surface area contributed by atoms with Gasteiger partial charge in [0.15, 0.2) is 0 Å². The summed E-state index contributed by atoms with van der Waals surface area (Å²) in [6, 6.07) is 7.95. The highest BCUT2D eigenvalue weighted by molar-refractivity contribution is 5.97. The lowest BCUT2D eigenvalue weighted by Crippen LogP contribution is -2.48. The van der Waals surface area contributed by atoms with E-state index in [1.807, 2.05) is 43.9 Å². The molecule has 1 N–H and O–H groups in total. The van der Waals surface area contributed by atoms with E-state index in [9.17, 15) is 14.9 Å². The van der Waals surface area contributed by atoms with Gasteiger partial charge in [-0.15, -0.1) is 0 Å². The predicted octanol–water partition coefficient (Wildman–Crippen LogP) is 3.67. The minimum absolute atomic E-state index is 0.0703. The summed E-state index contributed by atoms with van der Waals surface area (Å²) in [5, 5.41) is 12.1. The highest BCUT2D eigenvalue weighted by Gasteiger charge is 2.34. The third-order valence-corrected chi connectivity index (χ3v) is 5.13. The number of ether oxygens (including phenoxy) is 1. The van der Waals surface area contributed by atoms with E-state index >= 15 is 0 Å². The molecule has 1 heterocycles. The highest BCUT2D eigenvalue weighted by atomic mass is 16.6. The number of rotatable bonds is 2. The number of carbonyl (C=O) groups is 2. The van der Waals surface area contributed by atoms with Crippen LogP contribution in [-0.2, 0) is 16.0 Å². The summed E-state index contributed by atoms with van der Waals surface area (Å²) >= 11 is 0. The fourth-order valence-electron chi connectivity index (χ4n) is 3.92. The molecule has 6 nitrogen and oxygen atoms in total. The number of benzene rings is 1. The summed E-state index contributed by atoms with van der Waals surface area (Å²) in [6.45, 7) is 5.54. The molecule has 1 saturated carbocycles. The van der Waals surface area contributed by atoms with Gasteiger partial charge in [-0.1, -0.05) is 6.07 Å². The van der Waals surface area contributed by atoms with Gasteiger partial charge in [-0.3, -0.25) is 4.79 Å². The Morgan fingerprint density at radius 2 is 1.93 bits per heavy atom. The molecule has 0 aromatic heterocycles. The van der Waals surface area contributed by atoms with Gasteiger partial charge in [0.1, 0.15) is 5.60 Å². The maximum absolute atomic E-state index is 12.6. The Bertz CT molecular complexity index is 768. The number of alkyl carbamates (subject to hydrolysis) is 1. The Hall–Kier alpha value is -2.55. The number of aryl methyl sites for hydroxylation is 1. The van der Waals surface area contributed by atoms with E-state index in [0.29, 0.717) is 12.0 Å². The molecular weight excluding hydrogens is 342 g/mol. The monoisotopic (exact) mass is 369 g/mol. The van der Waals surface area contributed by atoms with Gasteiger partial charge in [0.2, 0.25) is 5.91 Å². The summed E-state index contributed by atoms with van der Waals surface area (Å²) in [4.78, 5) is 26.5. The van der Waals surface area contributed by atoms with Crippen molar-refractivity contribution in [3.63, 3.8) is 0 Å². The summed E-state index contributed by atoms with van der Waals surface area (Å²) in [5.41, 5.74) is 2.08. The quantitative estimate of drug-likeness (QED) is 0.862. The molecule has 144 valence electrons. The van der Waals surface area contributed by atoms with Crippen molar-refractivity contribution >= 4 is 17.7 Å². The van der Waals surface area contributed by atoms with Gasteiger partial charge in [-0.05, 0) is 70.6 Å². The molecule has 0 atom stereocenters. The molecule has 0 saturated heterocycles. The van der Waals surface area contributed by atoms with Gasteiger partial charge < -0.3 is 15.0 Å². The minimum Gasteiger partial charge on any atom is -0.444 e. The Morgan fingerprint density at radius 1 is 1.22 bits per heavy atom. The lowest BCUT2D eigenvalue weighted by molar-refractivity contribution is -0.119. The molecule has 27 heavy (non-hydrogen) atoms. The number of hydrogen-bond acceptors (Lipinski definition) is 4. The van der Waals surface area contributed by atoms with E-state index in [2.05, 4.69) is 11.4 Å². The average Bonchev–Trinajstić information content (AvgIpc) is 2.60. The first-order valence-corrected chi connectivity index (χ1v) is 9.61. The smallest absolute Gasteiger partial charge is 0.407 e. The summed E-state index contributed by atoms with van der Waals surface area (Å²) in [6.07, 6.45) is 4.11. The Kier molecular flexibility index (Phi) is 5.41. The number of amides is 2. The zero-order chi connectivity index (χ0) is 19.6. The molecule has 0 bridgehead atoms. The molecule has 0 spiro atoms. The van der Waals surface area contributed by atoms with Gasteiger partial charge in [-0.2, -0.15) is 5.26 Å². The number of fused-ring (bicyclic) bond motifs is 1. The molecule has 2 aliphatic rings. The first-order chi connectivity index (χ1) is 12.8. The SMILES string of the molecule is CC(C)(C)OC(=O)N[C@H]1CC[C@H](N2C(=O)CCc3ccc(C#N)cc32)CC1. The van der Waals surface area contributed by atoms with Gasteiger partial charge in [0.05, 0.1) is 11.6 Å². The second kappa shape index (κ2) is 7.59. The van der Waals surface area contributed by atoms with Crippen LogP contribution in [0.1, 0.15) is 64.0 Å². The zero-order valence-electron chi connectivity index (χ0n) is 16.2. The number of nitriles is 1. The van der Waals surface area contributed by atoms with Gasteiger partial charge in [-0.25, -0.2) is 4.79 Å². The number of nitrogens with zero attached hydrogens (tertiary/aromatic N) is 2. The third-order valence-electron chi connectivity index (χ3n) is 5.13. The van der Waals surface area contributed by atoms with E-state index in [1.165, 1.54) is 0 Å². The van der Waals surface area contributed by atoms with Crippen molar-refractivity contribution < 1.29 is 14.3 Å². The van der Waals surface area contributed by atoms with Crippen LogP contribution in [0.3, 0.4) is 0 Å². The number of hydrogen-bond donors (Lipinski definition) is 1. The van der Waals surface area contributed by atoms with Crippen LogP contribution < -0.4 is 10.2 Å². The van der Waals surface area contributed by atoms with E-state index in [0.717, 1.165) is 43.4 Å². The van der Waals surface area contributed by atoms with Crippen molar-refractivity contribution in [1.29, 1.82) is 5.26 Å². The van der Waals surface area contributed by atoms with Crippen LogP contribution in [0.2, 0.25) is 0 Å². The van der Waals surface area contributed by atoms with E-state index in [4.69, 9.17) is 4.74 Å². The van der Waals surface area contributed by atoms with Crippen LogP contribution in [0.5, 0.6) is 0 Å². The van der Waals surface area contributed by atoms with E-state index < -0.39 is 5.60 Å². The zero-order valence-corrected chi connectivity index (χ0v) is 16.2. The Labute approximate surface area is 160 Å². The predicted molar refractivity (Wildman–Crippen MR) is 102 cm³/mol. The van der Waals surface area contributed by atoms with Crippen LogP contribution in [0.4, 0.5) is 10.5 Å². The van der Waals surface area contributed by atoms with Crippen LogP contribution in [-0.4, -0.2) is 29.7 Å². The molecule has 6 heteroatoms. The third kappa shape index (κ3) is 4.60. The largest absolute Gasteiger partial charge is 0.444 e. The van der Waals surface area contributed by atoms with Gasteiger partial charge >= 0.3 is 6.09 Å². The van der Waals surface area contributed by atoms with E-state index in [-0.39, 0.29) is 24.1 Å². The molecular formula is C21H27N3O3. The summed E-state index contributed by atoms with van der Waals surface area (Å²) in [7, 11) is 0. The van der Waals surface area contributed by atoms with Crippen molar-refractivity contribution in [3.8, 4) is 6.07 Å². The van der Waals surface area contributed by atoms with Crippen LogP contribution in [0.15, 0.2) is 18.2 Å². The molecule has 0 unspecified atom stereocenters. The van der Waals surface area contributed by atoms with Crippen molar-refractivity contribution in [3.05, 3.63) is 29.3 Å². The fourth-order valence-corrected chi connectivity index (χ4v) is 3.92. The molecule has 2 amide bonds. The van der Waals surface area contributed by atoms with Gasteiger partial charge in [0.25, 0.3) is 0 Å². The van der Waals surface area contributed by atoms with E-state index in [1.54, 1.807) is 0 Å². The van der Waals surface area contributed by atoms with Crippen molar-refractivity contribution in [1.82, 2.24) is 5.32 Å². The first-order valence-electron chi connectivity index (χ1n) is 9.61. The molecule has 1 aliphatic heterocycles. The molecule has 1 aliphatic carbocycles. The van der Waals surface area contributed by atoms with Crippen molar-refractivity contribution in [2.24, 2.45) is 0 Å². The Balaban J connectivity index is 1.65. The molecule has 1 aromatic carbocycles. The van der Waals surface area contributed by atoms with Crippen molar-refractivity contribution in [2.45, 2.75) is 77.0 Å². The number of anilines is 1. The maximum atomic E-state index is 12.6. The maximum Gasteiger partial charge on any atom is 0.407 e. The lowest BCUT2D eigenvalue weighted by Gasteiger charge is -2.40. The standard InChI is InChI=1S/C21H27N3O3/c1-21(2,3)27-20(26)23-16-7-9-17(10-8-16)24-18-12-14(13-22)4-5-15(18)6-11-19(24)25/h4-5,12,16-17H,6-11H2,1-3H3,(H,23,26)/t16-,17-. The number of carbonyl (C=O) groups excluding carboxylic acids is 2. The van der Waals surface area contributed by atoms with Crippen LogP contribution in [0, 0.1) is 11.3 Å². The van der Waals surface area contributed by atoms with Crippen molar-refractivity contribution in [2.75, 3.05) is 4.90 Å². The topological polar surface area (TPSA) is 82.4 Å². The highest BCUT2D eigenvalue weighted by Crippen LogP contribution is 2.35. The second-order valence-corrected chi connectivity index (χ2v) is 8.37. The van der Waals surface area contributed by atoms with Crippen LogP contribution >= 0.6 is 0 Å². The molecule has 1 aromatic rings. The molecule has 3 rings (SSSR count). The number of nitrogens with one attached hydrogen (secondary N) is 1. The lowest BCUT2D eigenvalue weighted by atomic mass is 9.87. The first kappa shape index (κ1) is 19.2. The summed E-state index contributed by atoms with van der Waals surface area (Å²) < 4.78 is 5.33. The minimum atomic E-state index is -0.510. The van der Waals surface area contributed by atoms with Crippen LogP contribution in [0.25, 0.3) is 0 Å².